The number of hydrogen-bond acceptors (Lipinski definition) is 3. The van der Waals surface area contributed by atoms with Gasteiger partial charge in [-0.25, -0.2) is 0 Å². The molecule has 0 fully saturated rings. The molecule has 1 amide bonds. The molecule has 0 spiro atoms. The number of benzene rings is 2. The zero-order chi connectivity index (χ0) is 18.4. The number of aromatic nitrogens is 1. The standard InChI is InChI=1S/C21H22N2O3/c1-15(24)26-20(13-16-7-3-2-4-8-16)21(25)22-12-11-17-14-23-19-10-6-5-9-18(17)19/h2-10,14,20,23H,11-13H2,1H3,(H,22,25). The van der Waals surface area contributed by atoms with Crippen LogP contribution in [0.25, 0.3) is 10.9 Å². The van der Waals surface area contributed by atoms with Crippen LogP contribution in [0.5, 0.6) is 0 Å². The monoisotopic (exact) mass is 350 g/mol. The Morgan fingerprint density at radius 1 is 1.08 bits per heavy atom. The molecule has 1 atom stereocenters. The largest absolute Gasteiger partial charge is 0.452 e. The van der Waals surface area contributed by atoms with Crippen LogP contribution >= 0.6 is 0 Å². The summed E-state index contributed by atoms with van der Waals surface area (Å²) in [6.07, 6.45) is 2.20. The van der Waals surface area contributed by atoms with Crippen LogP contribution in [0.3, 0.4) is 0 Å². The summed E-state index contributed by atoms with van der Waals surface area (Å²) in [5.41, 5.74) is 3.18. The molecule has 1 unspecified atom stereocenters. The van der Waals surface area contributed by atoms with Gasteiger partial charge < -0.3 is 15.0 Å². The Hall–Kier alpha value is -3.08. The van der Waals surface area contributed by atoms with Crippen LogP contribution in [-0.4, -0.2) is 29.5 Å². The fourth-order valence-corrected chi connectivity index (χ4v) is 2.99. The van der Waals surface area contributed by atoms with Gasteiger partial charge in [0.05, 0.1) is 0 Å². The first kappa shape index (κ1) is 17.7. The molecule has 2 aromatic carbocycles. The average molecular weight is 350 g/mol. The Balaban J connectivity index is 1.59. The third-order valence-electron chi connectivity index (χ3n) is 4.23. The van der Waals surface area contributed by atoms with E-state index in [-0.39, 0.29) is 5.91 Å². The van der Waals surface area contributed by atoms with E-state index in [1.165, 1.54) is 6.92 Å². The number of ether oxygens (including phenoxy) is 1. The second kappa shape index (κ2) is 8.34. The molecular formula is C21H22N2O3. The molecule has 0 aliphatic rings. The van der Waals surface area contributed by atoms with Gasteiger partial charge in [-0.05, 0) is 23.6 Å². The van der Waals surface area contributed by atoms with Crippen molar-refractivity contribution < 1.29 is 14.3 Å². The predicted molar refractivity (Wildman–Crippen MR) is 101 cm³/mol. The van der Waals surface area contributed by atoms with Crippen molar-refractivity contribution in [2.45, 2.75) is 25.9 Å². The first-order valence-electron chi connectivity index (χ1n) is 8.67. The van der Waals surface area contributed by atoms with E-state index in [9.17, 15) is 9.59 Å². The lowest BCUT2D eigenvalue weighted by atomic mass is 10.1. The number of H-pyrrole nitrogens is 1. The first-order valence-corrected chi connectivity index (χ1v) is 8.67. The number of fused-ring (bicyclic) bond motifs is 1. The van der Waals surface area contributed by atoms with Gasteiger partial charge in [-0.1, -0.05) is 48.5 Å². The average Bonchev–Trinajstić information content (AvgIpc) is 3.05. The van der Waals surface area contributed by atoms with E-state index in [0.717, 1.165) is 22.0 Å². The Bertz CT molecular complexity index is 886. The molecule has 0 bridgehead atoms. The van der Waals surface area contributed by atoms with Crippen molar-refractivity contribution in [2.75, 3.05) is 6.54 Å². The quantitative estimate of drug-likeness (QED) is 0.644. The summed E-state index contributed by atoms with van der Waals surface area (Å²) in [6, 6.07) is 17.6. The fourth-order valence-electron chi connectivity index (χ4n) is 2.99. The lowest BCUT2D eigenvalue weighted by molar-refractivity contribution is -0.153. The van der Waals surface area contributed by atoms with Crippen LogP contribution in [0, 0.1) is 0 Å². The molecule has 134 valence electrons. The summed E-state index contributed by atoms with van der Waals surface area (Å²) in [5.74, 6) is -0.735. The van der Waals surface area contributed by atoms with Crippen molar-refractivity contribution in [3.05, 3.63) is 71.9 Å². The van der Waals surface area contributed by atoms with E-state index in [1.807, 2.05) is 54.7 Å². The molecule has 0 saturated heterocycles. The number of hydrogen-bond donors (Lipinski definition) is 2. The molecular weight excluding hydrogens is 328 g/mol. The summed E-state index contributed by atoms with van der Waals surface area (Å²) in [5, 5.41) is 4.04. The molecule has 0 saturated carbocycles. The summed E-state index contributed by atoms with van der Waals surface area (Å²) < 4.78 is 5.22. The number of aromatic amines is 1. The summed E-state index contributed by atoms with van der Waals surface area (Å²) in [7, 11) is 0. The number of amides is 1. The van der Waals surface area contributed by atoms with Crippen LogP contribution in [0.2, 0.25) is 0 Å². The molecule has 5 nitrogen and oxygen atoms in total. The maximum atomic E-state index is 12.5. The Labute approximate surface area is 152 Å². The molecule has 26 heavy (non-hydrogen) atoms. The SMILES string of the molecule is CC(=O)OC(Cc1ccccc1)C(=O)NCCc1c[nH]c2ccccc12. The number of rotatable bonds is 7. The lowest BCUT2D eigenvalue weighted by Crippen LogP contribution is -2.39. The number of esters is 1. The first-order chi connectivity index (χ1) is 12.6. The summed E-state index contributed by atoms with van der Waals surface area (Å²) in [4.78, 5) is 27.1. The van der Waals surface area contributed by atoms with Crippen molar-refractivity contribution in [1.29, 1.82) is 0 Å². The highest BCUT2D eigenvalue weighted by atomic mass is 16.5. The second-order valence-corrected chi connectivity index (χ2v) is 6.19. The molecule has 1 heterocycles. The van der Waals surface area contributed by atoms with Crippen molar-refractivity contribution in [3.8, 4) is 0 Å². The molecule has 3 rings (SSSR count). The Morgan fingerprint density at radius 2 is 1.81 bits per heavy atom. The van der Waals surface area contributed by atoms with Crippen LogP contribution in [0.15, 0.2) is 60.8 Å². The van der Waals surface area contributed by atoms with E-state index in [1.54, 1.807) is 0 Å². The number of carbonyl (C=O) groups excluding carboxylic acids is 2. The van der Waals surface area contributed by atoms with Crippen LogP contribution < -0.4 is 5.32 Å². The zero-order valence-corrected chi connectivity index (χ0v) is 14.7. The highest BCUT2D eigenvalue weighted by molar-refractivity contribution is 5.84. The maximum Gasteiger partial charge on any atom is 0.303 e. The lowest BCUT2D eigenvalue weighted by Gasteiger charge is -2.17. The van der Waals surface area contributed by atoms with Gasteiger partial charge in [0.15, 0.2) is 6.10 Å². The van der Waals surface area contributed by atoms with E-state index >= 15 is 0 Å². The fraction of sp³-hybridized carbons (Fsp3) is 0.238. The molecule has 0 radical (unpaired) electrons. The van der Waals surface area contributed by atoms with Crippen molar-refractivity contribution in [1.82, 2.24) is 10.3 Å². The van der Waals surface area contributed by atoms with Gasteiger partial charge in [-0.2, -0.15) is 0 Å². The highest BCUT2D eigenvalue weighted by Crippen LogP contribution is 2.17. The Kier molecular flexibility index (Phi) is 5.69. The van der Waals surface area contributed by atoms with Crippen molar-refractivity contribution in [2.24, 2.45) is 0 Å². The van der Waals surface area contributed by atoms with Gasteiger partial charge in [0.1, 0.15) is 0 Å². The number of para-hydroxylation sites is 1. The second-order valence-electron chi connectivity index (χ2n) is 6.19. The Morgan fingerprint density at radius 3 is 2.58 bits per heavy atom. The van der Waals surface area contributed by atoms with Crippen LogP contribution in [0.1, 0.15) is 18.1 Å². The number of carbonyl (C=O) groups is 2. The molecule has 0 aliphatic carbocycles. The van der Waals surface area contributed by atoms with Gasteiger partial charge in [0.25, 0.3) is 5.91 Å². The minimum Gasteiger partial charge on any atom is -0.452 e. The van der Waals surface area contributed by atoms with E-state index in [4.69, 9.17) is 4.74 Å². The smallest absolute Gasteiger partial charge is 0.303 e. The van der Waals surface area contributed by atoms with E-state index in [2.05, 4.69) is 16.4 Å². The minimum absolute atomic E-state index is 0.274. The van der Waals surface area contributed by atoms with Crippen LogP contribution in [0.4, 0.5) is 0 Å². The van der Waals surface area contributed by atoms with Gasteiger partial charge in [0, 0.05) is 37.0 Å². The zero-order valence-electron chi connectivity index (χ0n) is 14.7. The van der Waals surface area contributed by atoms with Crippen LogP contribution in [-0.2, 0) is 27.2 Å². The predicted octanol–water partition coefficient (Wildman–Crippen LogP) is 3.00. The van der Waals surface area contributed by atoms with Gasteiger partial charge >= 0.3 is 5.97 Å². The topological polar surface area (TPSA) is 71.2 Å². The normalized spacial score (nSPS) is 11.9. The van der Waals surface area contributed by atoms with Crippen molar-refractivity contribution >= 4 is 22.8 Å². The molecule has 3 aromatic rings. The third kappa shape index (κ3) is 4.51. The van der Waals surface area contributed by atoms with E-state index in [0.29, 0.717) is 19.4 Å². The van der Waals surface area contributed by atoms with Crippen molar-refractivity contribution in [3.63, 3.8) is 0 Å². The van der Waals surface area contributed by atoms with Gasteiger partial charge in [0.2, 0.25) is 0 Å². The maximum absolute atomic E-state index is 12.5. The highest BCUT2D eigenvalue weighted by Gasteiger charge is 2.21. The van der Waals surface area contributed by atoms with Gasteiger partial charge in [-0.15, -0.1) is 0 Å². The molecule has 0 aliphatic heterocycles. The van der Waals surface area contributed by atoms with Gasteiger partial charge in [-0.3, -0.25) is 9.59 Å². The summed E-state index contributed by atoms with van der Waals surface area (Å²) in [6.45, 7) is 1.80. The third-order valence-corrected chi connectivity index (χ3v) is 4.23. The summed E-state index contributed by atoms with van der Waals surface area (Å²) >= 11 is 0. The van der Waals surface area contributed by atoms with E-state index < -0.39 is 12.1 Å². The number of nitrogens with one attached hydrogen (secondary N) is 2. The molecule has 2 N–H and O–H groups in total. The minimum atomic E-state index is -0.821. The molecule has 1 aromatic heterocycles. The molecule has 5 heteroatoms.